The summed E-state index contributed by atoms with van der Waals surface area (Å²) in [6.07, 6.45) is -8.40. The van der Waals surface area contributed by atoms with Gasteiger partial charge in [-0.1, -0.05) is 56.7 Å². The van der Waals surface area contributed by atoms with E-state index in [0.717, 1.165) is 6.42 Å². The molecule has 0 fully saturated rings. The second-order valence-corrected chi connectivity index (χ2v) is 13.6. The molecule has 0 amide bonds. The van der Waals surface area contributed by atoms with Crippen LogP contribution in [0.3, 0.4) is 0 Å². The van der Waals surface area contributed by atoms with Crippen LogP contribution in [0.5, 0.6) is 0 Å². The van der Waals surface area contributed by atoms with Crippen molar-refractivity contribution < 1.29 is 50.3 Å². The minimum Gasteiger partial charge on any atom is -1.00 e. The Labute approximate surface area is 248 Å². The summed E-state index contributed by atoms with van der Waals surface area (Å²) in [6, 6.07) is 21.4. The zero-order valence-electron chi connectivity index (χ0n) is 21.6. The van der Waals surface area contributed by atoms with E-state index in [4.69, 9.17) is 12.2 Å². The largest absolute Gasteiger partial charge is 1.00 e. The molecule has 0 radical (unpaired) electrons. The lowest BCUT2D eigenvalue weighted by Crippen LogP contribution is -3.00. The van der Waals surface area contributed by atoms with Gasteiger partial charge >= 0.3 is 12.4 Å². The Kier molecular flexibility index (Phi) is 11.6. The lowest BCUT2D eigenvalue weighted by Gasteiger charge is -2.32. The van der Waals surface area contributed by atoms with Crippen molar-refractivity contribution in [3.8, 4) is 0 Å². The van der Waals surface area contributed by atoms with Crippen LogP contribution in [0.15, 0.2) is 78.9 Å². The normalized spacial score (nSPS) is 13.7. The Morgan fingerprint density at radius 1 is 0.821 bits per heavy atom. The third-order valence-corrected chi connectivity index (χ3v) is 10.9. The van der Waals surface area contributed by atoms with Crippen molar-refractivity contribution in [2.45, 2.75) is 38.7 Å². The number of benzene rings is 3. The molecule has 39 heavy (non-hydrogen) atoms. The maximum atomic E-state index is 13.3. The monoisotopic (exact) mass is 698 g/mol. The van der Waals surface area contributed by atoms with E-state index in [1.54, 1.807) is 0 Å². The molecule has 3 aromatic carbocycles. The predicted molar refractivity (Wildman–Crippen MR) is 149 cm³/mol. The first kappa shape index (κ1) is 33.3. The molecule has 0 saturated heterocycles. The molecule has 11 heteroatoms. The average molecular weight is 698 g/mol. The molecule has 0 saturated carbocycles. The summed E-state index contributed by atoms with van der Waals surface area (Å²) in [7, 11) is -1.94. The molecule has 0 unspecified atom stereocenters. The van der Waals surface area contributed by atoms with Gasteiger partial charge in [-0.05, 0) is 60.6 Å². The van der Waals surface area contributed by atoms with E-state index in [0.29, 0.717) is 18.3 Å². The molecule has 2 nitrogen and oxygen atoms in total. The number of thiocarbonyl (C=S) groups is 1. The Morgan fingerprint density at radius 3 is 1.64 bits per heavy atom. The average Bonchev–Trinajstić information content (AvgIpc) is 2.87. The van der Waals surface area contributed by atoms with Crippen molar-refractivity contribution in [1.29, 1.82) is 0 Å². The molecular weight excluding hydrogens is 668 g/mol. The van der Waals surface area contributed by atoms with Gasteiger partial charge in [0, 0.05) is 5.69 Å². The van der Waals surface area contributed by atoms with Crippen LogP contribution in [0.1, 0.15) is 31.4 Å². The van der Waals surface area contributed by atoms with Crippen molar-refractivity contribution in [3.63, 3.8) is 0 Å². The summed E-state index contributed by atoms with van der Waals surface area (Å²) in [4.78, 5) is 0. The van der Waals surface area contributed by atoms with Crippen molar-refractivity contribution in [1.82, 2.24) is 5.32 Å². The number of anilines is 1. The minimum atomic E-state index is -4.94. The van der Waals surface area contributed by atoms with Crippen LogP contribution < -0.4 is 45.2 Å². The zero-order chi connectivity index (χ0) is 28.1. The summed E-state index contributed by atoms with van der Waals surface area (Å²) in [5, 5.41) is 8.13. The van der Waals surface area contributed by atoms with Gasteiger partial charge in [0.2, 0.25) is 0 Å². The van der Waals surface area contributed by atoms with Gasteiger partial charge < -0.3 is 34.6 Å². The fourth-order valence-corrected chi connectivity index (χ4v) is 8.17. The second-order valence-electron chi connectivity index (χ2n) is 9.43. The highest BCUT2D eigenvalue weighted by Gasteiger charge is 2.41. The van der Waals surface area contributed by atoms with Gasteiger partial charge in [0.05, 0.1) is 47.9 Å². The molecule has 0 aliphatic rings. The molecule has 0 bridgehead atoms. The first-order chi connectivity index (χ1) is 17.7. The number of hydrogen-bond donors (Lipinski definition) is 2. The number of rotatable bonds is 8. The third-order valence-electron chi connectivity index (χ3n) is 6.71. The van der Waals surface area contributed by atoms with Gasteiger partial charge in [0.25, 0.3) is 0 Å². The standard InChI is InChI=1S/C28H29F6N2PS.HI/c1-4-19(2)25(18-37(3,23-11-7-5-8-12-23)24-13-9-6-10-14-24)36-26(38)35-22-16-20(27(29,30)31)15-21(17-22)28(32,33)34;/h5-17,19,25H,4,18H2,1-3H3,(H-,35,36,38);1H/t19-,25+;/m0./s1. The Morgan fingerprint density at radius 2 is 1.26 bits per heavy atom. The second kappa shape index (κ2) is 13.6. The highest BCUT2D eigenvalue weighted by atomic mass is 127. The van der Waals surface area contributed by atoms with Gasteiger partial charge in [0.15, 0.2) is 5.11 Å². The molecule has 0 aliphatic carbocycles. The molecular formula is C28H30F6IN2PS. The summed E-state index contributed by atoms with van der Waals surface area (Å²) < 4.78 is 79.8. The lowest BCUT2D eigenvalue weighted by molar-refractivity contribution is -0.143. The fraction of sp³-hybridized carbons (Fsp3) is 0.321. The summed E-state index contributed by atoms with van der Waals surface area (Å²) in [6.45, 7) is 6.30. The molecule has 2 N–H and O–H groups in total. The molecule has 3 aromatic rings. The summed E-state index contributed by atoms with van der Waals surface area (Å²) >= 11 is 5.40. The van der Waals surface area contributed by atoms with Crippen LogP contribution in [0.25, 0.3) is 0 Å². The van der Waals surface area contributed by atoms with Gasteiger partial charge in [-0.15, -0.1) is 0 Å². The van der Waals surface area contributed by atoms with Gasteiger partial charge in [-0.3, -0.25) is 0 Å². The first-order valence-corrected chi connectivity index (χ1v) is 14.9. The Bertz CT molecular complexity index is 1150. The van der Waals surface area contributed by atoms with Crippen LogP contribution >= 0.6 is 19.5 Å². The highest BCUT2D eigenvalue weighted by molar-refractivity contribution is 7.89. The quantitative estimate of drug-likeness (QED) is 0.154. The molecule has 0 aromatic heterocycles. The third kappa shape index (κ3) is 8.79. The highest BCUT2D eigenvalue weighted by Crippen LogP contribution is 2.53. The van der Waals surface area contributed by atoms with E-state index in [2.05, 4.69) is 41.6 Å². The molecule has 3 rings (SSSR count). The Hall–Kier alpha value is -1.91. The zero-order valence-corrected chi connectivity index (χ0v) is 25.4. The minimum absolute atomic E-state index is 0. The number of nitrogens with one attached hydrogen (secondary N) is 2. The van der Waals surface area contributed by atoms with Crippen LogP contribution in [-0.2, 0) is 12.4 Å². The van der Waals surface area contributed by atoms with Crippen LogP contribution in [0.4, 0.5) is 32.0 Å². The smallest absolute Gasteiger partial charge is 0.416 e. The summed E-state index contributed by atoms with van der Waals surface area (Å²) in [5.41, 5.74) is -3.18. The topological polar surface area (TPSA) is 24.1 Å². The number of alkyl halides is 6. The lowest BCUT2D eigenvalue weighted by atomic mass is 10.0. The molecule has 0 spiro atoms. The van der Waals surface area contributed by atoms with Crippen molar-refractivity contribution in [2.24, 2.45) is 5.92 Å². The van der Waals surface area contributed by atoms with Crippen molar-refractivity contribution in [2.75, 3.05) is 18.1 Å². The SMILES string of the molecule is CC[C@H](C)[C@@H](C[P+](C)(c1ccccc1)c1ccccc1)NC(=S)Nc1cc(C(F)(F)F)cc(C(F)(F)F)c1.[I-]. The molecule has 0 heterocycles. The maximum absolute atomic E-state index is 13.3. The Balaban J connectivity index is 0.00000533. The van der Waals surface area contributed by atoms with E-state index < -0.39 is 30.7 Å². The predicted octanol–water partition coefficient (Wildman–Crippen LogP) is 4.73. The van der Waals surface area contributed by atoms with E-state index >= 15 is 0 Å². The van der Waals surface area contributed by atoms with Crippen LogP contribution in [0, 0.1) is 5.92 Å². The molecule has 2 atom stereocenters. The van der Waals surface area contributed by atoms with Crippen LogP contribution in [-0.4, -0.2) is 24.0 Å². The fourth-order valence-electron chi connectivity index (χ4n) is 4.28. The molecule has 212 valence electrons. The molecule has 0 aliphatic heterocycles. The van der Waals surface area contributed by atoms with E-state index in [9.17, 15) is 26.3 Å². The van der Waals surface area contributed by atoms with Gasteiger partial charge in [-0.2, -0.15) is 26.3 Å². The summed E-state index contributed by atoms with van der Waals surface area (Å²) in [5.74, 6) is 0.119. The van der Waals surface area contributed by atoms with Gasteiger partial charge in [-0.25, -0.2) is 0 Å². The van der Waals surface area contributed by atoms with Gasteiger partial charge in [0.1, 0.15) is 0 Å². The van der Waals surface area contributed by atoms with Crippen molar-refractivity contribution in [3.05, 3.63) is 90.0 Å². The number of halogens is 7. The van der Waals surface area contributed by atoms with Crippen molar-refractivity contribution >= 4 is 40.9 Å². The number of hydrogen-bond acceptors (Lipinski definition) is 1. The van der Waals surface area contributed by atoms with Crippen LogP contribution in [0.2, 0.25) is 0 Å². The van der Waals surface area contributed by atoms with E-state index in [1.807, 2.05) is 50.2 Å². The van der Waals surface area contributed by atoms with E-state index in [1.165, 1.54) is 10.6 Å². The maximum Gasteiger partial charge on any atom is 0.416 e. The first-order valence-electron chi connectivity index (χ1n) is 12.1. The van der Waals surface area contributed by atoms with E-state index in [-0.39, 0.29) is 52.8 Å².